The van der Waals surface area contributed by atoms with Gasteiger partial charge >= 0.3 is 0 Å². The number of morpholine rings is 1. The van der Waals surface area contributed by atoms with E-state index in [1.807, 2.05) is 24.3 Å². The highest BCUT2D eigenvalue weighted by atomic mass is 16.5. The number of benzene rings is 1. The van der Waals surface area contributed by atoms with E-state index in [4.69, 9.17) is 4.74 Å². The monoisotopic (exact) mass is 297 g/mol. The number of nitrogens with zero attached hydrogens (tertiary/aromatic N) is 1. The van der Waals surface area contributed by atoms with Gasteiger partial charge in [0.05, 0.1) is 6.61 Å². The molecule has 0 aromatic heterocycles. The Bertz CT molecular complexity index is 562. The smallest absolute Gasteiger partial charge is 0.106 e. The molecule has 0 amide bonds. The first kappa shape index (κ1) is 15.2. The van der Waals surface area contributed by atoms with E-state index in [0.29, 0.717) is 6.61 Å². The van der Waals surface area contributed by atoms with Gasteiger partial charge in [0.1, 0.15) is 12.2 Å². The van der Waals surface area contributed by atoms with E-state index in [1.165, 1.54) is 5.56 Å². The zero-order chi connectivity index (χ0) is 15.2. The van der Waals surface area contributed by atoms with Gasteiger partial charge in [-0.1, -0.05) is 60.7 Å². The standard InChI is InChI=1S/C19H23NO2/c21-19(17-10-6-1-2-7-11-17)18-15-20(12-13-22-18)14-16-8-4-3-5-9-16/h1-6,8-11,18-19,21H,7,12-15H2. The third kappa shape index (κ3) is 3.95. The molecule has 1 aliphatic heterocycles. The molecule has 1 aliphatic carbocycles. The Hall–Kier alpha value is -1.68. The van der Waals surface area contributed by atoms with Crippen LogP contribution in [0.15, 0.2) is 66.3 Å². The zero-order valence-corrected chi connectivity index (χ0v) is 12.8. The molecule has 3 rings (SSSR count). The number of allylic oxidation sites excluding steroid dienone is 4. The number of rotatable bonds is 4. The summed E-state index contributed by atoms with van der Waals surface area (Å²) in [5.41, 5.74) is 2.26. The van der Waals surface area contributed by atoms with E-state index < -0.39 is 6.10 Å². The largest absolute Gasteiger partial charge is 0.386 e. The second kappa shape index (κ2) is 7.54. The molecule has 0 bridgehead atoms. The minimum absolute atomic E-state index is 0.161. The van der Waals surface area contributed by atoms with Crippen LogP contribution in [0, 0.1) is 0 Å². The first-order valence-electron chi connectivity index (χ1n) is 7.92. The molecule has 116 valence electrons. The molecular weight excluding hydrogens is 274 g/mol. The molecule has 1 saturated heterocycles. The van der Waals surface area contributed by atoms with Crippen molar-refractivity contribution in [2.75, 3.05) is 19.7 Å². The summed E-state index contributed by atoms with van der Waals surface area (Å²) in [5, 5.41) is 10.6. The summed E-state index contributed by atoms with van der Waals surface area (Å²) >= 11 is 0. The lowest BCUT2D eigenvalue weighted by molar-refractivity contribution is -0.0785. The van der Waals surface area contributed by atoms with E-state index in [-0.39, 0.29) is 6.10 Å². The van der Waals surface area contributed by atoms with Crippen molar-refractivity contribution < 1.29 is 9.84 Å². The third-order valence-electron chi connectivity index (χ3n) is 4.15. The van der Waals surface area contributed by atoms with Crippen molar-refractivity contribution >= 4 is 0 Å². The Morgan fingerprint density at radius 3 is 2.95 bits per heavy atom. The van der Waals surface area contributed by atoms with Gasteiger partial charge in [-0.05, 0) is 17.6 Å². The summed E-state index contributed by atoms with van der Waals surface area (Å²) in [6.45, 7) is 3.25. The molecule has 1 aromatic carbocycles. The summed E-state index contributed by atoms with van der Waals surface area (Å²) < 4.78 is 5.81. The molecule has 0 saturated carbocycles. The quantitative estimate of drug-likeness (QED) is 0.927. The molecule has 22 heavy (non-hydrogen) atoms. The fraction of sp³-hybridized carbons (Fsp3) is 0.368. The first-order valence-corrected chi connectivity index (χ1v) is 7.92. The van der Waals surface area contributed by atoms with Crippen LogP contribution in [0.2, 0.25) is 0 Å². The predicted molar refractivity (Wildman–Crippen MR) is 88.4 cm³/mol. The number of hydrogen-bond acceptors (Lipinski definition) is 3. The van der Waals surface area contributed by atoms with Crippen LogP contribution in [0.25, 0.3) is 0 Å². The second-order valence-corrected chi connectivity index (χ2v) is 5.80. The Kier molecular flexibility index (Phi) is 5.22. The van der Waals surface area contributed by atoms with Crippen molar-refractivity contribution in [1.82, 2.24) is 4.90 Å². The zero-order valence-electron chi connectivity index (χ0n) is 12.8. The van der Waals surface area contributed by atoms with Crippen molar-refractivity contribution in [2.24, 2.45) is 0 Å². The molecule has 1 fully saturated rings. The van der Waals surface area contributed by atoms with Gasteiger partial charge in [0.15, 0.2) is 0 Å². The van der Waals surface area contributed by atoms with Crippen LogP contribution in [-0.2, 0) is 11.3 Å². The number of aliphatic hydroxyl groups is 1. The normalized spacial score (nSPS) is 23.9. The van der Waals surface area contributed by atoms with Gasteiger partial charge in [-0.25, -0.2) is 0 Å². The SMILES string of the molecule is OC(C1=CCC=CC=C1)C1CN(Cc2ccccc2)CCO1. The van der Waals surface area contributed by atoms with Gasteiger partial charge in [0, 0.05) is 19.6 Å². The predicted octanol–water partition coefficient (Wildman–Crippen LogP) is 2.69. The first-order chi connectivity index (χ1) is 10.8. The summed E-state index contributed by atoms with van der Waals surface area (Å²) in [5.74, 6) is 0. The molecule has 1 N–H and O–H groups in total. The van der Waals surface area contributed by atoms with Gasteiger partial charge in [0.2, 0.25) is 0 Å². The van der Waals surface area contributed by atoms with Crippen LogP contribution >= 0.6 is 0 Å². The van der Waals surface area contributed by atoms with Gasteiger partial charge in [-0.15, -0.1) is 0 Å². The lowest BCUT2D eigenvalue weighted by Gasteiger charge is -2.35. The van der Waals surface area contributed by atoms with E-state index in [2.05, 4.69) is 41.3 Å². The summed E-state index contributed by atoms with van der Waals surface area (Å²) in [4.78, 5) is 2.35. The second-order valence-electron chi connectivity index (χ2n) is 5.80. The highest BCUT2D eigenvalue weighted by Crippen LogP contribution is 2.19. The highest BCUT2D eigenvalue weighted by Gasteiger charge is 2.28. The van der Waals surface area contributed by atoms with E-state index in [0.717, 1.165) is 31.6 Å². The molecule has 1 heterocycles. The van der Waals surface area contributed by atoms with Crippen molar-refractivity contribution in [3.8, 4) is 0 Å². The van der Waals surface area contributed by atoms with Crippen LogP contribution in [0.1, 0.15) is 12.0 Å². The molecule has 2 aliphatic rings. The Labute approximate surface area is 132 Å². The molecule has 3 nitrogen and oxygen atoms in total. The van der Waals surface area contributed by atoms with Gasteiger partial charge < -0.3 is 9.84 Å². The summed E-state index contributed by atoms with van der Waals surface area (Å²) in [7, 11) is 0. The van der Waals surface area contributed by atoms with Crippen molar-refractivity contribution in [1.29, 1.82) is 0 Å². The van der Waals surface area contributed by atoms with Crippen molar-refractivity contribution in [3.63, 3.8) is 0 Å². The Balaban J connectivity index is 1.61. The van der Waals surface area contributed by atoms with Crippen LogP contribution in [0.4, 0.5) is 0 Å². The van der Waals surface area contributed by atoms with E-state index in [9.17, 15) is 5.11 Å². The summed E-state index contributed by atoms with van der Waals surface area (Å²) in [6, 6.07) is 10.5. The van der Waals surface area contributed by atoms with Crippen molar-refractivity contribution in [3.05, 3.63) is 71.8 Å². The molecule has 3 heteroatoms. The van der Waals surface area contributed by atoms with Crippen LogP contribution in [-0.4, -0.2) is 41.9 Å². The molecule has 2 atom stereocenters. The maximum Gasteiger partial charge on any atom is 0.106 e. The topological polar surface area (TPSA) is 32.7 Å². The molecular formula is C19H23NO2. The fourth-order valence-electron chi connectivity index (χ4n) is 2.94. The number of hydrogen-bond donors (Lipinski definition) is 1. The maximum atomic E-state index is 10.6. The lowest BCUT2D eigenvalue weighted by atomic mass is 10.0. The van der Waals surface area contributed by atoms with Crippen LogP contribution in [0.3, 0.4) is 0 Å². The third-order valence-corrected chi connectivity index (χ3v) is 4.15. The number of ether oxygens (including phenoxy) is 1. The van der Waals surface area contributed by atoms with Gasteiger partial charge in [0.25, 0.3) is 0 Å². The Morgan fingerprint density at radius 2 is 2.09 bits per heavy atom. The minimum Gasteiger partial charge on any atom is -0.386 e. The highest BCUT2D eigenvalue weighted by molar-refractivity contribution is 5.30. The molecule has 1 aromatic rings. The Morgan fingerprint density at radius 1 is 1.23 bits per heavy atom. The van der Waals surface area contributed by atoms with Gasteiger partial charge in [-0.2, -0.15) is 0 Å². The molecule has 0 radical (unpaired) electrons. The summed E-state index contributed by atoms with van der Waals surface area (Å²) in [6.07, 6.45) is 10.3. The number of aliphatic hydroxyl groups excluding tert-OH is 1. The van der Waals surface area contributed by atoms with E-state index >= 15 is 0 Å². The lowest BCUT2D eigenvalue weighted by Crippen LogP contribution is -2.47. The maximum absolute atomic E-state index is 10.6. The molecule has 2 unspecified atom stereocenters. The van der Waals surface area contributed by atoms with Crippen LogP contribution in [0.5, 0.6) is 0 Å². The molecule has 0 spiro atoms. The van der Waals surface area contributed by atoms with Gasteiger partial charge in [-0.3, -0.25) is 4.90 Å². The van der Waals surface area contributed by atoms with Crippen LogP contribution < -0.4 is 0 Å². The fourth-order valence-corrected chi connectivity index (χ4v) is 2.94. The minimum atomic E-state index is -0.560. The average molecular weight is 297 g/mol. The van der Waals surface area contributed by atoms with E-state index in [1.54, 1.807) is 0 Å². The van der Waals surface area contributed by atoms with Crippen molar-refractivity contribution in [2.45, 2.75) is 25.2 Å². The average Bonchev–Trinajstić information content (AvgIpc) is 2.85.